The molecular weight excluding hydrogens is 382 g/mol. The van der Waals surface area contributed by atoms with Crippen molar-refractivity contribution in [2.24, 2.45) is 0 Å². The zero-order chi connectivity index (χ0) is 21.4. The molecule has 0 spiro atoms. The predicted molar refractivity (Wildman–Crippen MR) is 112 cm³/mol. The van der Waals surface area contributed by atoms with E-state index in [1.807, 2.05) is 83.1 Å². The smallest absolute Gasteiger partial charge is 0.359 e. The lowest BCUT2D eigenvalue weighted by Crippen LogP contribution is -2.75. The van der Waals surface area contributed by atoms with Crippen molar-refractivity contribution in [1.82, 2.24) is 4.65 Å². The average molecular weight is 426 g/mol. The SMILES string of the molecule is CC(C)O[Si](N[Si](OC(C)C)(OC(C)C)OC(C)C)(OC(C)C)OC(C)C. The standard InChI is InChI=1S/C18H43NO6Si2/c1-13(2)20-26(21-14(3)4,22-15(5)6)19-27(23-16(7)8,24-17(9)10)25-18(11)12/h13-19H,1-12H3. The second-order valence-electron chi connectivity index (χ2n) is 8.24. The lowest BCUT2D eigenvalue weighted by molar-refractivity contribution is -0.0316. The molecule has 0 atom stereocenters. The molecule has 9 heteroatoms. The summed E-state index contributed by atoms with van der Waals surface area (Å²) in [5.74, 6) is 0. The fourth-order valence-corrected chi connectivity index (χ4v) is 9.36. The first-order valence-electron chi connectivity index (χ1n) is 10.1. The van der Waals surface area contributed by atoms with Crippen molar-refractivity contribution < 1.29 is 26.6 Å². The Bertz CT molecular complexity index is 316. The Kier molecular flexibility index (Phi) is 12.1. The monoisotopic (exact) mass is 425 g/mol. The molecule has 0 heterocycles. The van der Waals surface area contributed by atoms with Gasteiger partial charge in [0, 0.05) is 36.6 Å². The largest absolute Gasteiger partial charge is 0.596 e. The Hall–Kier alpha value is 0.154. The van der Waals surface area contributed by atoms with Crippen LogP contribution in [-0.4, -0.2) is 54.6 Å². The van der Waals surface area contributed by atoms with Crippen molar-refractivity contribution >= 4 is 17.9 Å². The zero-order valence-electron chi connectivity index (χ0n) is 19.4. The summed E-state index contributed by atoms with van der Waals surface area (Å²) in [5, 5.41) is 0. The summed E-state index contributed by atoms with van der Waals surface area (Å²) in [7, 11) is -6.77. The molecule has 0 saturated heterocycles. The van der Waals surface area contributed by atoms with Crippen LogP contribution in [-0.2, 0) is 26.6 Å². The number of nitrogens with one attached hydrogen (secondary N) is 1. The average Bonchev–Trinajstić information content (AvgIpc) is 2.30. The maximum atomic E-state index is 6.24. The molecule has 0 saturated carbocycles. The van der Waals surface area contributed by atoms with Gasteiger partial charge in [0.25, 0.3) is 0 Å². The van der Waals surface area contributed by atoms with Crippen molar-refractivity contribution in [3.05, 3.63) is 0 Å². The maximum Gasteiger partial charge on any atom is 0.596 e. The molecule has 0 aliphatic heterocycles. The maximum absolute atomic E-state index is 6.24. The van der Waals surface area contributed by atoms with Crippen LogP contribution in [0.5, 0.6) is 0 Å². The summed E-state index contributed by atoms with van der Waals surface area (Å²) < 4.78 is 40.8. The van der Waals surface area contributed by atoms with Crippen LogP contribution in [0.3, 0.4) is 0 Å². The van der Waals surface area contributed by atoms with Gasteiger partial charge in [-0.25, -0.2) is 4.65 Å². The summed E-state index contributed by atoms with van der Waals surface area (Å²) in [6, 6.07) is 0. The summed E-state index contributed by atoms with van der Waals surface area (Å²) in [6.07, 6.45) is -0.636. The van der Waals surface area contributed by atoms with Gasteiger partial charge in [0.05, 0.1) is 0 Å². The fourth-order valence-electron chi connectivity index (χ4n) is 2.39. The number of hydrogen-bond donors (Lipinski definition) is 1. The Morgan fingerprint density at radius 1 is 0.370 bits per heavy atom. The molecular formula is C18H43NO6Si2. The Morgan fingerprint density at radius 2 is 0.519 bits per heavy atom. The lowest BCUT2D eigenvalue weighted by Gasteiger charge is -2.41. The van der Waals surface area contributed by atoms with E-state index in [0.717, 1.165) is 0 Å². The van der Waals surface area contributed by atoms with Gasteiger partial charge < -0.3 is 26.6 Å². The highest BCUT2D eigenvalue weighted by Gasteiger charge is 2.59. The van der Waals surface area contributed by atoms with Gasteiger partial charge >= 0.3 is 17.9 Å². The summed E-state index contributed by atoms with van der Waals surface area (Å²) in [4.78, 5) is 0. The van der Waals surface area contributed by atoms with Crippen molar-refractivity contribution in [2.75, 3.05) is 0 Å². The molecule has 0 aliphatic rings. The van der Waals surface area contributed by atoms with Crippen LogP contribution in [0, 0.1) is 0 Å². The molecule has 0 unspecified atom stereocenters. The first-order chi connectivity index (χ1) is 12.2. The van der Waals surface area contributed by atoms with Gasteiger partial charge in [-0.1, -0.05) is 0 Å². The van der Waals surface area contributed by atoms with Gasteiger partial charge in [-0.15, -0.1) is 0 Å². The summed E-state index contributed by atoms with van der Waals surface area (Å²) >= 11 is 0. The van der Waals surface area contributed by atoms with E-state index in [-0.39, 0.29) is 36.6 Å². The van der Waals surface area contributed by atoms with E-state index >= 15 is 0 Å². The molecule has 0 aliphatic carbocycles. The minimum Gasteiger partial charge on any atom is -0.359 e. The van der Waals surface area contributed by atoms with Gasteiger partial charge in [-0.05, 0) is 83.1 Å². The normalized spacial score (nSPS) is 14.0. The molecule has 0 radical (unpaired) electrons. The Balaban J connectivity index is 6.14. The van der Waals surface area contributed by atoms with E-state index in [2.05, 4.69) is 4.65 Å². The molecule has 0 fully saturated rings. The molecule has 164 valence electrons. The van der Waals surface area contributed by atoms with Crippen molar-refractivity contribution in [3.8, 4) is 0 Å². The third-order valence-electron chi connectivity index (χ3n) is 2.65. The van der Waals surface area contributed by atoms with E-state index < -0.39 is 17.9 Å². The van der Waals surface area contributed by atoms with Crippen LogP contribution in [0.25, 0.3) is 0 Å². The quantitative estimate of drug-likeness (QED) is 0.422. The van der Waals surface area contributed by atoms with Crippen molar-refractivity contribution in [1.29, 1.82) is 0 Å². The van der Waals surface area contributed by atoms with E-state index in [4.69, 9.17) is 26.6 Å². The van der Waals surface area contributed by atoms with Crippen molar-refractivity contribution in [3.63, 3.8) is 0 Å². The molecule has 0 rings (SSSR count). The van der Waals surface area contributed by atoms with Crippen LogP contribution in [0.4, 0.5) is 0 Å². The molecule has 0 aromatic rings. The molecule has 0 aromatic carbocycles. The third-order valence-corrected chi connectivity index (χ3v) is 9.79. The Labute approximate surface area is 169 Å². The van der Waals surface area contributed by atoms with Gasteiger partial charge in [0.2, 0.25) is 0 Å². The first-order valence-corrected chi connectivity index (χ1v) is 13.5. The fraction of sp³-hybridized carbons (Fsp3) is 1.00. The van der Waals surface area contributed by atoms with E-state index in [1.54, 1.807) is 0 Å². The minimum absolute atomic E-state index is 0.106. The van der Waals surface area contributed by atoms with Crippen LogP contribution in [0.15, 0.2) is 0 Å². The van der Waals surface area contributed by atoms with Gasteiger partial charge in [0.15, 0.2) is 0 Å². The van der Waals surface area contributed by atoms with Crippen LogP contribution in [0.2, 0.25) is 0 Å². The summed E-state index contributed by atoms with van der Waals surface area (Å²) in [5.41, 5.74) is 0. The predicted octanol–water partition coefficient (Wildman–Crippen LogP) is 4.00. The molecule has 0 aromatic heterocycles. The third kappa shape index (κ3) is 11.7. The van der Waals surface area contributed by atoms with Gasteiger partial charge in [-0.2, -0.15) is 0 Å². The van der Waals surface area contributed by atoms with Crippen LogP contribution >= 0.6 is 0 Å². The molecule has 0 amide bonds. The van der Waals surface area contributed by atoms with Gasteiger partial charge in [0.1, 0.15) is 0 Å². The van der Waals surface area contributed by atoms with E-state index in [0.29, 0.717) is 0 Å². The Morgan fingerprint density at radius 3 is 0.630 bits per heavy atom. The number of hydrogen-bond acceptors (Lipinski definition) is 7. The highest BCUT2D eigenvalue weighted by atomic mass is 28.5. The minimum atomic E-state index is -3.38. The highest BCUT2D eigenvalue weighted by Crippen LogP contribution is 2.22. The van der Waals surface area contributed by atoms with E-state index in [1.165, 1.54) is 0 Å². The van der Waals surface area contributed by atoms with Crippen LogP contribution in [0.1, 0.15) is 83.1 Å². The molecule has 0 bridgehead atoms. The topological polar surface area (TPSA) is 67.4 Å². The second kappa shape index (κ2) is 12.0. The molecule has 1 N–H and O–H groups in total. The van der Waals surface area contributed by atoms with Crippen LogP contribution < -0.4 is 4.65 Å². The lowest BCUT2D eigenvalue weighted by atomic mass is 10.5. The summed E-state index contributed by atoms with van der Waals surface area (Å²) in [6.45, 7) is 23.5. The molecule has 7 nitrogen and oxygen atoms in total. The zero-order valence-corrected chi connectivity index (χ0v) is 21.4. The molecule has 27 heavy (non-hydrogen) atoms. The second-order valence-corrected chi connectivity index (χ2v) is 12.9. The first kappa shape index (κ1) is 27.2. The number of rotatable bonds is 14. The van der Waals surface area contributed by atoms with Gasteiger partial charge in [-0.3, -0.25) is 0 Å². The van der Waals surface area contributed by atoms with E-state index in [9.17, 15) is 0 Å². The highest BCUT2D eigenvalue weighted by molar-refractivity contribution is 6.75. The van der Waals surface area contributed by atoms with Crippen molar-refractivity contribution in [2.45, 2.75) is 120 Å².